The zero-order valence-electron chi connectivity index (χ0n) is 18.4. The Labute approximate surface area is 186 Å². The van der Waals surface area contributed by atoms with Crippen LogP contribution in [0.15, 0.2) is 54.9 Å². The average Bonchev–Trinajstić information content (AvgIpc) is 3.34. The predicted octanol–water partition coefficient (Wildman–Crippen LogP) is 3.43. The van der Waals surface area contributed by atoms with Crippen molar-refractivity contribution in [2.45, 2.75) is 38.8 Å². The van der Waals surface area contributed by atoms with Crippen molar-refractivity contribution in [2.24, 2.45) is 0 Å². The van der Waals surface area contributed by atoms with Crippen molar-refractivity contribution in [3.8, 4) is 11.4 Å². The van der Waals surface area contributed by atoms with Crippen LogP contribution in [0.2, 0.25) is 0 Å². The van der Waals surface area contributed by atoms with Crippen molar-refractivity contribution in [3.63, 3.8) is 0 Å². The van der Waals surface area contributed by atoms with E-state index in [1.165, 1.54) is 11.9 Å². The molecule has 3 aromatic rings. The lowest BCUT2D eigenvalue weighted by Gasteiger charge is -2.38. The third kappa shape index (κ3) is 4.21. The number of carbonyl (C=O) groups is 2. The SMILES string of the molecule is COC(=O)c1c(C)cccc1O[C@@H]1CC[C@@H](C)N(C(=O)c2ccccc2-n2nccn2)C1. The summed E-state index contributed by atoms with van der Waals surface area (Å²) >= 11 is 0. The molecule has 8 nitrogen and oxygen atoms in total. The van der Waals surface area contributed by atoms with E-state index in [1.807, 2.05) is 49.1 Å². The van der Waals surface area contributed by atoms with Crippen LogP contribution in [0.3, 0.4) is 0 Å². The summed E-state index contributed by atoms with van der Waals surface area (Å²) in [6, 6.07) is 12.8. The molecular formula is C24H26N4O4. The van der Waals surface area contributed by atoms with Gasteiger partial charge in [-0.1, -0.05) is 24.3 Å². The van der Waals surface area contributed by atoms with Crippen LogP contribution in [0, 0.1) is 6.92 Å². The summed E-state index contributed by atoms with van der Waals surface area (Å²) in [5.41, 5.74) is 2.36. The Balaban J connectivity index is 1.58. The maximum atomic E-state index is 13.5. The minimum absolute atomic E-state index is 0.0542. The van der Waals surface area contributed by atoms with E-state index < -0.39 is 5.97 Å². The molecular weight excluding hydrogens is 408 g/mol. The zero-order chi connectivity index (χ0) is 22.7. The summed E-state index contributed by atoms with van der Waals surface area (Å²) in [7, 11) is 1.35. The first-order valence-corrected chi connectivity index (χ1v) is 10.6. The molecule has 0 unspecified atom stereocenters. The molecule has 1 aliphatic rings. The van der Waals surface area contributed by atoms with Gasteiger partial charge in [-0.3, -0.25) is 4.79 Å². The molecule has 1 amide bonds. The van der Waals surface area contributed by atoms with E-state index in [-0.39, 0.29) is 18.1 Å². The van der Waals surface area contributed by atoms with Crippen molar-refractivity contribution in [3.05, 3.63) is 71.5 Å². The van der Waals surface area contributed by atoms with Crippen molar-refractivity contribution < 1.29 is 19.1 Å². The van der Waals surface area contributed by atoms with Gasteiger partial charge in [-0.05, 0) is 50.5 Å². The lowest BCUT2D eigenvalue weighted by molar-refractivity contribution is 0.0371. The second-order valence-corrected chi connectivity index (χ2v) is 7.90. The number of piperidine rings is 1. The number of hydrogen-bond acceptors (Lipinski definition) is 6. The monoisotopic (exact) mass is 434 g/mol. The first-order chi connectivity index (χ1) is 15.5. The Morgan fingerprint density at radius 3 is 2.53 bits per heavy atom. The van der Waals surface area contributed by atoms with Crippen LogP contribution < -0.4 is 4.74 Å². The first-order valence-electron chi connectivity index (χ1n) is 10.6. The number of likely N-dealkylation sites (tertiary alicyclic amines) is 1. The quantitative estimate of drug-likeness (QED) is 0.572. The van der Waals surface area contributed by atoms with Crippen molar-refractivity contribution in [2.75, 3.05) is 13.7 Å². The molecule has 4 rings (SSSR count). The summed E-state index contributed by atoms with van der Waals surface area (Å²) in [5, 5.41) is 8.35. The molecule has 1 saturated heterocycles. The highest BCUT2D eigenvalue weighted by molar-refractivity contribution is 5.98. The van der Waals surface area contributed by atoms with Gasteiger partial charge < -0.3 is 14.4 Å². The van der Waals surface area contributed by atoms with Crippen LogP contribution in [0.4, 0.5) is 0 Å². The van der Waals surface area contributed by atoms with Crippen LogP contribution in [-0.2, 0) is 4.74 Å². The lowest BCUT2D eigenvalue weighted by Crippen LogP contribution is -2.49. The van der Waals surface area contributed by atoms with Gasteiger partial charge in [0.2, 0.25) is 0 Å². The third-order valence-corrected chi connectivity index (χ3v) is 5.79. The number of rotatable bonds is 5. The highest BCUT2D eigenvalue weighted by atomic mass is 16.5. The molecule has 8 heteroatoms. The second kappa shape index (κ2) is 9.21. The molecule has 0 aliphatic carbocycles. The largest absolute Gasteiger partial charge is 0.488 e. The minimum Gasteiger partial charge on any atom is -0.488 e. The fourth-order valence-corrected chi connectivity index (χ4v) is 4.06. The zero-order valence-corrected chi connectivity index (χ0v) is 18.4. The predicted molar refractivity (Wildman–Crippen MR) is 118 cm³/mol. The van der Waals surface area contributed by atoms with E-state index in [2.05, 4.69) is 10.2 Å². The molecule has 166 valence electrons. The minimum atomic E-state index is -0.434. The normalized spacial score (nSPS) is 18.3. The van der Waals surface area contributed by atoms with Gasteiger partial charge in [0.05, 0.1) is 37.3 Å². The van der Waals surface area contributed by atoms with Gasteiger partial charge in [-0.2, -0.15) is 15.0 Å². The van der Waals surface area contributed by atoms with Crippen LogP contribution in [-0.4, -0.2) is 57.6 Å². The third-order valence-electron chi connectivity index (χ3n) is 5.79. The van der Waals surface area contributed by atoms with E-state index in [9.17, 15) is 9.59 Å². The standard InChI is InChI=1S/C24H26N4O4/c1-16-7-6-10-21(22(16)24(30)31-3)32-18-12-11-17(2)27(15-18)23(29)19-8-4-5-9-20(19)28-25-13-14-26-28/h4-10,13-14,17-18H,11-12,15H2,1-3H3/t17-,18-/m1/s1. The number of esters is 1. The van der Waals surface area contributed by atoms with Gasteiger partial charge in [-0.15, -0.1) is 0 Å². The summed E-state index contributed by atoms with van der Waals surface area (Å²) in [5.74, 6) is -0.0584. The number of nitrogens with zero attached hydrogens (tertiary/aromatic N) is 4. The number of para-hydroxylation sites is 1. The Hall–Kier alpha value is -3.68. The van der Waals surface area contributed by atoms with Crippen LogP contribution in [0.5, 0.6) is 5.75 Å². The van der Waals surface area contributed by atoms with Crippen molar-refractivity contribution >= 4 is 11.9 Å². The summed E-state index contributed by atoms with van der Waals surface area (Å²) in [6.07, 6.45) is 4.49. The highest BCUT2D eigenvalue weighted by Crippen LogP contribution is 2.28. The summed E-state index contributed by atoms with van der Waals surface area (Å²) < 4.78 is 11.2. The topological polar surface area (TPSA) is 86.5 Å². The van der Waals surface area contributed by atoms with Gasteiger partial charge in [0.15, 0.2) is 0 Å². The molecule has 0 bridgehead atoms. The van der Waals surface area contributed by atoms with E-state index in [1.54, 1.807) is 24.5 Å². The smallest absolute Gasteiger partial charge is 0.341 e. The van der Waals surface area contributed by atoms with Gasteiger partial charge in [-0.25, -0.2) is 4.79 Å². The molecule has 0 saturated carbocycles. The molecule has 1 aromatic heterocycles. The molecule has 0 radical (unpaired) electrons. The van der Waals surface area contributed by atoms with Crippen molar-refractivity contribution in [1.82, 2.24) is 19.9 Å². The maximum Gasteiger partial charge on any atom is 0.341 e. The number of ether oxygens (including phenoxy) is 2. The number of aromatic nitrogens is 3. The highest BCUT2D eigenvalue weighted by Gasteiger charge is 2.32. The summed E-state index contributed by atoms with van der Waals surface area (Å²) in [4.78, 5) is 29.1. The molecule has 1 fully saturated rings. The fraction of sp³-hybridized carbons (Fsp3) is 0.333. The Bertz CT molecular complexity index is 1110. The van der Waals surface area contributed by atoms with Gasteiger partial charge in [0, 0.05) is 6.04 Å². The van der Waals surface area contributed by atoms with Crippen LogP contribution >= 0.6 is 0 Å². The second-order valence-electron chi connectivity index (χ2n) is 7.90. The van der Waals surface area contributed by atoms with Gasteiger partial charge >= 0.3 is 5.97 Å². The maximum absolute atomic E-state index is 13.5. The molecule has 2 aromatic carbocycles. The fourth-order valence-electron chi connectivity index (χ4n) is 4.06. The molecule has 0 spiro atoms. The number of benzene rings is 2. The van der Waals surface area contributed by atoms with Crippen LogP contribution in [0.1, 0.15) is 46.0 Å². The lowest BCUT2D eigenvalue weighted by atomic mass is 9.99. The molecule has 0 N–H and O–H groups in total. The Morgan fingerprint density at radius 1 is 1.03 bits per heavy atom. The molecule has 32 heavy (non-hydrogen) atoms. The number of hydrogen-bond donors (Lipinski definition) is 0. The van der Waals surface area contributed by atoms with E-state index in [0.717, 1.165) is 18.4 Å². The molecule has 2 heterocycles. The number of aryl methyl sites for hydroxylation is 1. The van der Waals surface area contributed by atoms with Gasteiger partial charge in [0.25, 0.3) is 5.91 Å². The van der Waals surface area contributed by atoms with E-state index in [0.29, 0.717) is 29.1 Å². The van der Waals surface area contributed by atoms with E-state index >= 15 is 0 Å². The molecule has 2 atom stereocenters. The number of methoxy groups -OCH3 is 1. The summed E-state index contributed by atoms with van der Waals surface area (Å²) in [6.45, 7) is 4.29. The van der Waals surface area contributed by atoms with Crippen molar-refractivity contribution in [1.29, 1.82) is 0 Å². The first kappa shape index (κ1) is 21.5. The average molecular weight is 434 g/mol. The number of amides is 1. The van der Waals surface area contributed by atoms with Crippen LogP contribution in [0.25, 0.3) is 5.69 Å². The Morgan fingerprint density at radius 2 is 1.78 bits per heavy atom. The Kier molecular flexibility index (Phi) is 6.20. The number of carbonyl (C=O) groups excluding carboxylic acids is 2. The van der Waals surface area contributed by atoms with E-state index in [4.69, 9.17) is 9.47 Å². The molecule has 1 aliphatic heterocycles. The van der Waals surface area contributed by atoms with Gasteiger partial charge in [0.1, 0.15) is 17.4 Å².